The first kappa shape index (κ1) is 18.7. The van der Waals surface area contributed by atoms with E-state index in [4.69, 9.17) is 4.74 Å². The maximum Gasteiger partial charge on any atom is 0.305 e. The van der Waals surface area contributed by atoms with E-state index in [1.54, 1.807) is 0 Å². The molecule has 0 bridgehead atoms. The summed E-state index contributed by atoms with van der Waals surface area (Å²) in [5.41, 5.74) is 3.03. The van der Waals surface area contributed by atoms with E-state index < -0.39 is 5.97 Å². The number of carbonyl (C=O) groups is 3. The molecule has 1 amide bonds. The van der Waals surface area contributed by atoms with Gasteiger partial charge in [0.25, 0.3) is 5.91 Å². The Morgan fingerprint density at radius 1 is 1.04 bits per heavy atom. The smallest absolute Gasteiger partial charge is 0.305 e. The molecule has 6 nitrogen and oxygen atoms in total. The predicted molar refractivity (Wildman–Crippen MR) is 85.4 cm³/mol. The number of hydrogen-bond acceptors (Lipinski definition) is 5. The van der Waals surface area contributed by atoms with Gasteiger partial charge in [-0.05, 0) is 37.5 Å². The van der Waals surface area contributed by atoms with Gasteiger partial charge in [0.1, 0.15) is 5.75 Å². The second-order valence-electron chi connectivity index (χ2n) is 5.33. The van der Waals surface area contributed by atoms with Crippen molar-refractivity contribution in [1.82, 2.24) is 5.32 Å². The number of nitrogens with one attached hydrogen (secondary N) is 1. The lowest BCUT2D eigenvalue weighted by Crippen LogP contribution is -2.33. The number of methoxy groups -OCH3 is 1. The summed E-state index contributed by atoms with van der Waals surface area (Å²) in [5.74, 6) is -0.362. The number of aryl methyl sites for hydroxylation is 2. The average molecular weight is 321 g/mol. The number of amides is 1. The number of ketones is 1. The van der Waals surface area contributed by atoms with Gasteiger partial charge in [0.2, 0.25) is 0 Å². The molecule has 0 aliphatic carbocycles. The molecule has 126 valence electrons. The molecular weight excluding hydrogens is 298 g/mol. The number of hydrogen-bond donors (Lipinski definition) is 1. The van der Waals surface area contributed by atoms with Crippen LogP contribution in [0.5, 0.6) is 5.75 Å². The largest absolute Gasteiger partial charge is 0.483 e. The Balaban J connectivity index is 2.39. The maximum absolute atomic E-state index is 11.7. The summed E-state index contributed by atoms with van der Waals surface area (Å²) in [6, 6.07) is 3.93. The number of carbonyl (C=O) groups excluding carboxylic acids is 3. The van der Waals surface area contributed by atoms with Crippen molar-refractivity contribution in [2.45, 2.75) is 33.6 Å². The van der Waals surface area contributed by atoms with Gasteiger partial charge in [-0.2, -0.15) is 0 Å². The standard InChI is InChI=1S/C17H23NO5/c1-11-5-6-12(2)17(13(11)3)23-10-15(20)18-9-14(19)7-8-16(21)22-4/h5-6H,7-10H2,1-4H3,(H,18,20). The van der Waals surface area contributed by atoms with Crippen LogP contribution < -0.4 is 10.1 Å². The highest BCUT2D eigenvalue weighted by Crippen LogP contribution is 2.25. The minimum absolute atomic E-state index is 0.0172. The lowest BCUT2D eigenvalue weighted by molar-refractivity contribution is -0.141. The topological polar surface area (TPSA) is 81.7 Å². The summed E-state index contributed by atoms with van der Waals surface area (Å²) in [4.78, 5) is 34.2. The van der Waals surface area contributed by atoms with E-state index in [0.29, 0.717) is 5.75 Å². The highest BCUT2D eigenvalue weighted by atomic mass is 16.5. The molecule has 0 aliphatic heterocycles. The van der Waals surface area contributed by atoms with Crippen molar-refractivity contribution in [3.05, 3.63) is 28.8 Å². The lowest BCUT2D eigenvalue weighted by Gasteiger charge is -2.13. The Kier molecular flexibility index (Phi) is 7.25. The van der Waals surface area contributed by atoms with Crippen molar-refractivity contribution < 1.29 is 23.9 Å². The zero-order valence-corrected chi connectivity index (χ0v) is 14.0. The van der Waals surface area contributed by atoms with Gasteiger partial charge in [-0.15, -0.1) is 0 Å². The monoisotopic (exact) mass is 321 g/mol. The SMILES string of the molecule is COC(=O)CCC(=O)CNC(=O)COc1c(C)ccc(C)c1C. The number of ether oxygens (including phenoxy) is 2. The predicted octanol–water partition coefficient (Wildman–Crippen LogP) is 1.63. The van der Waals surface area contributed by atoms with E-state index in [1.807, 2.05) is 32.9 Å². The van der Waals surface area contributed by atoms with Gasteiger partial charge >= 0.3 is 5.97 Å². The summed E-state index contributed by atoms with van der Waals surface area (Å²) in [5, 5.41) is 2.48. The van der Waals surface area contributed by atoms with Gasteiger partial charge in [0.05, 0.1) is 20.1 Å². The van der Waals surface area contributed by atoms with Gasteiger partial charge in [-0.25, -0.2) is 0 Å². The lowest BCUT2D eigenvalue weighted by atomic mass is 10.1. The molecule has 0 unspecified atom stereocenters. The van der Waals surface area contributed by atoms with Crippen LogP contribution in [-0.2, 0) is 19.1 Å². The molecule has 0 radical (unpaired) electrons. The molecule has 0 heterocycles. The van der Waals surface area contributed by atoms with Crippen LogP contribution in [0.25, 0.3) is 0 Å². The van der Waals surface area contributed by atoms with Gasteiger partial charge in [-0.3, -0.25) is 14.4 Å². The fourth-order valence-electron chi connectivity index (χ4n) is 1.97. The van der Waals surface area contributed by atoms with Gasteiger partial charge in [0, 0.05) is 6.42 Å². The molecule has 1 rings (SSSR count). The van der Waals surface area contributed by atoms with E-state index in [9.17, 15) is 14.4 Å². The van der Waals surface area contributed by atoms with Crippen molar-refractivity contribution in [1.29, 1.82) is 0 Å². The molecule has 0 saturated heterocycles. The summed E-state index contributed by atoms with van der Waals surface area (Å²) in [6.45, 7) is 5.55. The molecule has 6 heteroatoms. The van der Waals surface area contributed by atoms with E-state index in [2.05, 4.69) is 10.1 Å². The maximum atomic E-state index is 11.7. The van der Waals surface area contributed by atoms with Crippen LogP contribution in [0.15, 0.2) is 12.1 Å². The minimum atomic E-state index is -0.446. The van der Waals surface area contributed by atoms with Gasteiger partial charge in [0.15, 0.2) is 12.4 Å². The summed E-state index contributed by atoms with van der Waals surface area (Å²) in [6.07, 6.45) is 0.0628. The van der Waals surface area contributed by atoms with Crippen LogP contribution in [0.1, 0.15) is 29.5 Å². The first-order valence-corrected chi connectivity index (χ1v) is 7.40. The second kappa shape index (κ2) is 8.92. The second-order valence-corrected chi connectivity index (χ2v) is 5.33. The van der Waals surface area contributed by atoms with E-state index in [-0.39, 0.29) is 37.7 Å². The molecule has 0 spiro atoms. The molecule has 1 aromatic rings. The molecule has 1 aromatic carbocycles. The van der Waals surface area contributed by atoms with Crippen molar-refractivity contribution in [3.8, 4) is 5.75 Å². The van der Waals surface area contributed by atoms with Crippen molar-refractivity contribution in [2.75, 3.05) is 20.3 Å². The Hall–Kier alpha value is -2.37. The van der Waals surface area contributed by atoms with Crippen LogP contribution in [0, 0.1) is 20.8 Å². The molecular formula is C17H23NO5. The van der Waals surface area contributed by atoms with Crippen LogP contribution in [-0.4, -0.2) is 37.9 Å². The molecule has 23 heavy (non-hydrogen) atoms. The normalized spacial score (nSPS) is 10.1. The molecule has 0 aliphatic rings. The molecule has 0 aromatic heterocycles. The number of esters is 1. The summed E-state index contributed by atoms with van der Waals surface area (Å²) < 4.78 is 10.0. The van der Waals surface area contributed by atoms with E-state index >= 15 is 0 Å². The molecule has 1 N–H and O–H groups in total. The summed E-state index contributed by atoms with van der Waals surface area (Å²) >= 11 is 0. The van der Waals surface area contributed by atoms with Crippen LogP contribution >= 0.6 is 0 Å². The first-order chi connectivity index (χ1) is 10.8. The van der Waals surface area contributed by atoms with Crippen LogP contribution in [0.2, 0.25) is 0 Å². The Morgan fingerprint density at radius 2 is 1.70 bits per heavy atom. The van der Waals surface area contributed by atoms with E-state index in [1.165, 1.54) is 7.11 Å². The minimum Gasteiger partial charge on any atom is -0.483 e. The third-order valence-electron chi connectivity index (χ3n) is 3.54. The fraction of sp³-hybridized carbons (Fsp3) is 0.471. The Labute approximate surface area is 136 Å². The average Bonchev–Trinajstić information content (AvgIpc) is 2.54. The van der Waals surface area contributed by atoms with E-state index in [0.717, 1.165) is 16.7 Å². The van der Waals surface area contributed by atoms with Crippen molar-refractivity contribution in [2.24, 2.45) is 0 Å². The highest BCUT2D eigenvalue weighted by Gasteiger charge is 2.11. The first-order valence-electron chi connectivity index (χ1n) is 7.40. The third-order valence-corrected chi connectivity index (χ3v) is 3.54. The Morgan fingerprint density at radius 3 is 2.35 bits per heavy atom. The van der Waals surface area contributed by atoms with Crippen LogP contribution in [0.3, 0.4) is 0 Å². The quantitative estimate of drug-likeness (QED) is 0.736. The van der Waals surface area contributed by atoms with Crippen molar-refractivity contribution >= 4 is 17.7 Å². The Bertz CT molecular complexity index is 595. The van der Waals surface area contributed by atoms with Crippen molar-refractivity contribution in [3.63, 3.8) is 0 Å². The number of Topliss-reactive ketones (excluding diaryl/α,β-unsaturated/α-hetero) is 1. The molecule has 0 atom stereocenters. The highest BCUT2D eigenvalue weighted by molar-refractivity contribution is 5.88. The number of benzene rings is 1. The van der Waals surface area contributed by atoms with Gasteiger partial charge < -0.3 is 14.8 Å². The van der Waals surface area contributed by atoms with Gasteiger partial charge in [-0.1, -0.05) is 12.1 Å². The molecule has 0 saturated carbocycles. The third kappa shape index (κ3) is 6.10. The number of rotatable bonds is 8. The zero-order valence-electron chi connectivity index (χ0n) is 14.0. The van der Waals surface area contributed by atoms with Crippen LogP contribution in [0.4, 0.5) is 0 Å². The fourth-order valence-corrected chi connectivity index (χ4v) is 1.97. The zero-order chi connectivity index (χ0) is 17.4. The summed E-state index contributed by atoms with van der Waals surface area (Å²) in [7, 11) is 1.27. The molecule has 0 fully saturated rings.